The van der Waals surface area contributed by atoms with Crippen molar-refractivity contribution in [3.8, 4) is 0 Å². The van der Waals surface area contributed by atoms with E-state index in [9.17, 15) is 14.4 Å². The van der Waals surface area contributed by atoms with Gasteiger partial charge in [0.1, 0.15) is 5.76 Å². The van der Waals surface area contributed by atoms with E-state index in [1.54, 1.807) is 0 Å². The minimum atomic E-state index is -0.491. The molecule has 164 valence electrons. The fourth-order valence-corrected chi connectivity index (χ4v) is 4.57. The van der Waals surface area contributed by atoms with Crippen LogP contribution in [0.4, 0.5) is 0 Å². The molecule has 0 aromatic carbocycles. The Morgan fingerprint density at radius 2 is 2.10 bits per heavy atom. The van der Waals surface area contributed by atoms with E-state index < -0.39 is 5.78 Å². The van der Waals surface area contributed by atoms with Crippen molar-refractivity contribution in [1.82, 2.24) is 0 Å². The molecule has 2 heterocycles. The molecule has 1 aliphatic heterocycles. The molecule has 2 aliphatic carbocycles. The van der Waals surface area contributed by atoms with Crippen molar-refractivity contribution in [1.29, 1.82) is 0 Å². The van der Waals surface area contributed by atoms with Gasteiger partial charge in [0, 0.05) is 42.6 Å². The van der Waals surface area contributed by atoms with Crippen LogP contribution in [0.25, 0.3) is 6.08 Å². The number of ketones is 2. The van der Waals surface area contributed by atoms with Crippen LogP contribution in [0.3, 0.4) is 0 Å². The van der Waals surface area contributed by atoms with Gasteiger partial charge in [-0.3, -0.25) is 14.4 Å². The molecule has 3 unspecified atom stereocenters. The summed E-state index contributed by atoms with van der Waals surface area (Å²) in [5.41, 5.74) is 2.11. The molecule has 0 N–H and O–H groups in total. The number of halogens is 1. The van der Waals surface area contributed by atoms with E-state index in [0.717, 1.165) is 31.2 Å². The fraction of sp³-hybridized carbons (Fsp3) is 0.458. The second kappa shape index (κ2) is 10.2. The minimum absolute atomic E-state index is 0.0474. The lowest BCUT2D eigenvalue weighted by Crippen LogP contribution is -3.38. The number of aldehydes is 1. The quantitative estimate of drug-likeness (QED) is 0.155. The van der Waals surface area contributed by atoms with Crippen LogP contribution in [0.15, 0.2) is 34.3 Å². The standard InChI is InChI=1S/C24H26IO6/c25-16-6-4-15(5-7-16)23(28)24-20(10-8-17(27)14-26)19-11-9-18(13-21(19)31-24)30-22-3-1-2-12-29-22/h4-6,9,11,14,16,18,22,25H,1-3,7-8,10,12-13H2/q+1. The molecule has 3 aliphatic rings. The highest BCUT2D eigenvalue weighted by Gasteiger charge is 2.30. The van der Waals surface area contributed by atoms with Crippen molar-refractivity contribution in [3.63, 3.8) is 0 Å². The van der Waals surface area contributed by atoms with E-state index in [1.165, 1.54) is 0 Å². The third-order valence-corrected chi connectivity index (χ3v) is 6.73. The molecule has 1 saturated heterocycles. The molecule has 4 rings (SSSR count). The summed E-state index contributed by atoms with van der Waals surface area (Å²) in [7, 11) is 0. The number of rotatable bonds is 8. The van der Waals surface area contributed by atoms with Gasteiger partial charge in [0.25, 0.3) is 22.6 Å². The maximum absolute atomic E-state index is 13.2. The summed E-state index contributed by atoms with van der Waals surface area (Å²) in [5, 5.41) is 0. The summed E-state index contributed by atoms with van der Waals surface area (Å²) in [6.07, 6.45) is 14.2. The van der Waals surface area contributed by atoms with E-state index in [1.807, 2.05) is 53.0 Å². The Morgan fingerprint density at radius 3 is 2.81 bits per heavy atom. The molecule has 1 aromatic rings. The Bertz CT molecular complexity index is 948. The summed E-state index contributed by atoms with van der Waals surface area (Å²) in [4.78, 5) is 35.6. The topological polar surface area (TPSA) is 82.8 Å². The Kier molecular flexibility index (Phi) is 7.35. The van der Waals surface area contributed by atoms with Crippen LogP contribution in [0.2, 0.25) is 0 Å². The van der Waals surface area contributed by atoms with E-state index in [-0.39, 0.29) is 36.8 Å². The first-order valence-corrected chi connectivity index (χ1v) is 12.1. The summed E-state index contributed by atoms with van der Waals surface area (Å²) in [6.45, 7) is 0.710. The Hall–Kier alpha value is -1.84. The van der Waals surface area contributed by atoms with Gasteiger partial charge < -0.3 is 13.9 Å². The van der Waals surface area contributed by atoms with E-state index in [4.69, 9.17) is 13.9 Å². The molecule has 0 spiro atoms. The molecular weight excluding hydrogens is 511 g/mol. The molecule has 0 amide bonds. The highest BCUT2D eigenvalue weighted by molar-refractivity contribution is 6.25. The first-order valence-electron chi connectivity index (χ1n) is 10.7. The van der Waals surface area contributed by atoms with Crippen molar-refractivity contribution >= 4 is 23.9 Å². The smallest absolute Gasteiger partial charge is 0.260 e. The van der Waals surface area contributed by atoms with Gasteiger partial charge in [-0.15, -0.1) is 0 Å². The first-order chi connectivity index (χ1) is 15.0. The SMILES string of the molecule is O=CC(=O)CCc1c(C(=O)C2=CCC([IH+])C=C2)oc2c1C=CC(OC1CCCCO1)C2. The van der Waals surface area contributed by atoms with Gasteiger partial charge in [-0.05, 0) is 31.8 Å². The Labute approximate surface area is 194 Å². The second-order valence-corrected chi connectivity index (χ2v) is 9.71. The van der Waals surface area contributed by atoms with Crippen LogP contribution in [0.5, 0.6) is 0 Å². The molecule has 1 fully saturated rings. The third kappa shape index (κ3) is 5.32. The van der Waals surface area contributed by atoms with Crippen molar-refractivity contribution in [2.24, 2.45) is 0 Å². The number of alkyl halides is 1. The number of fused-ring (bicyclic) bond motifs is 1. The highest BCUT2D eigenvalue weighted by Crippen LogP contribution is 2.33. The minimum Gasteiger partial charge on any atom is -0.457 e. The predicted molar refractivity (Wildman–Crippen MR) is 111 cm³/mol. The number of hydrogen-bond acceptors (Lipinski definition) is 6. The fourth-order valence-electron chi connectivity index (χ4n) is 4.08. The normalized spacial score (nSPS) is 25.1. The van der Waals surface area contributed by atoms with Crippen molar-refractivity contribution in [2.75, 3.05) is 6.61 Å². The zero-order valence-corrected chi connectivity index (χ0v) is 19.5. The maximum Gasteiger partial charge on any atom is 0.260 e. The van der Waals surface area contributed by atoms with E-state index >= 15 is 0 Å². The monoisotopic (exact) mass is 537 g/mol. The van der Waals surface area contributed by atoms with Gasteiger partial charge >= 0.3 is 0 Å². The van der Waals surface area contributed by atoms with Crippen LogP contribution >= 0.6 is 0 Å². The highest BCUT2D eigenvalue weighted by atomic mass is 127. The van der Waals surface area contributed by atoms with Crippen molar-refractivity contribution in [2.45, 2.75) is 61.3 Å². The number of ether oxygens (including phenoxy) is 2. The van der Waals surface area contributed by atoms with Crippen LogP contribution < -0.4 is 22.6 Å². The molecule has 0 radical (unpaired) electrons. The Balaban J connectivity index is 1.58. The average molecular weight is 537 g/mol. The molecule has 1 aromatic heterocycles. The van der Waals surface area contributed by atoms with Gasteiger partial charge in [-0.2, -0.15) is 0 Å². The molecule has 3 atom stereocenters. The molecule has 6 nitrogen and oxygen atoms in total. The summed E-state index contributed by atoms with van der Waals surface area (Å²) in [6, 6.07) is 0. The van der Waals surface area contributed by atoms with Gasteiger partial charge in [0.15, 0.2) is 28.0 Å². The average Bonchev–Trinajstić information content (AvgIpc) is 3.16. The zero-order chi connectivity index (χ0) is 21.8. The van der Waals surface area contributed by atoms with Crippen molar-refractivity contribution in [3.05, 3.63) is 52.5 Å². The number of carbonyl (C=O) groups excluding carboxylic acids is 3. The van der Waals surface area contributed by atoms with Gasteiger partial charge in [0.05, 0.1) is 6.10 Å². The number of carbonyl (C=O) groups is 3. The van der Waals surface area contributed by atoms with Gasteiger partial charge in [-0.1, -0.05) is 24.3 Å². The summed E-state index contributed by atoms with van der Waals surface area (Å²) < 4.78 is 18.2. The summed E-state index contributed by atoms with van der Waals surface area (Å²) >= 11 is 2.02. The largest absolute Gasteiger partial charge is 0.457 e. The van der Waals surface area contributed by atoms with Crippen LogP contribution in [0.1, 0.15) is 59.5 Å². The number of Topliss-reactive ketones (excluding diaryl/α,β-unsaturated/α-hetero) is 2. The maximum atomic E-state index is 13.2. The molecule has 7 heteroatoms. The van der Waals surface area contributed by atoms with Gasteiger partial charge in [0.2, 0.25) is 5.78 Å². The molecular formula is C24H26IO6+. The molecule has 0 bridgehead atoms. The first kappa shape index (κ1) is 22.4. The van der Waals surface area contributed by atoms with E-state index in [2.05, 4.69) is 0 Å². The molecule has 31 heavy (non-hydrogen) atoms. The van der Waals surface area contributed by atoms with Crippen LogP contribution in [-0.4, -0.2) is 40.8 Å². The number of furan rings is 1. The number of allylic oxidation sites excluding steroid dienone is 4. The molecule has 0 saturated carbocycles. The van der Waals surface area contributed by atoms with Crippen LogP contribution in [-0.2, 0) is 31.9 Å². The van der Waals surface area contributed by atoms with E-state index in [0.29, 0.717) is 40.1 Å². The lowest BCUT2D eigenvalue weighted by molar-refractivity contribution is -0.402. The predicted octanol–water partition coefficient (Wildman–Crippen LogP) is 0.185. The lowest BCUT2D eigenvalue weighted by atomic mass is 9.93. The number of hydrogen-bond donors (Lipinski definition) is 0. The van der Waals surface area contributed by atoms with Gasteiger partial charge in [-0.25, -0.2) is 0 Å². The van der Waals surface area contributed by atoms with Crippen molar-refractivity contribution < 1.29 is 50.9 Å². The lowest BCUT2D eigenvalue weighted by Gasteiger charge is -2.27. The Morgan fingerprint density at radius 1 is 1.23 bits per heavy atom. The third-order valence-electron chi connectivity index (χ3n) is 5.74. The summed E-state index contributed by atoms with van der Waals surface area (Å²) in [5.74, 6) is 0.257. The zero-order valence-electron chi connectivity index (χ0n) is 17.2. The van der Waals surface area contributed by atoms with Crippen LogP contribution in [0, 0.1) is 0 Å². The second-order valence-electron chi connectivity index (χ2n) is 7.99.